The molecule has 0 atom stereocenters. The van der Waals surface area contributed by atoms with E-state index in [2.05, 4.69) is 78.3 Å². The van der Waals surface area contributed by atoms with Gasteiger partial charge in [-0.05, 0) is 0 Å². The second-order valence-corrected chi connectivity index (χ2v) is 45.2. The van der Waals surface area contributed by atoms with Crippen LogP contribution < -0.4 is 5.79 Å². The Morgan fingerprint density at radius 1 is 0.500 bits per heavy atom. The van der Waals surface area contributed by atoms with E-state index >= 15 is 0 Å². The van der Waals surface area contributed by atoms with Crippen molar-refractivity contribution in [1.29, 1.82) is 0 Å². The minimum atomic E-state index is -2.11. The number of rotatable bonds is 17. The molecule has 0 saturated heterocycles. The van der Waals surface area contributed by atoms with E-state index in [9.17, 15) is 0 Å². The van der Waals surface area contributed by atoms with Gasteiger partial charge in [-0.15, -0.1) is 0 Å². The summed E-state index contributed by atoms with van der Waals surface area (Å²) >= 11 is 0.153. The van der Waals surface area contributed by atoms with Gasteiger partial charge in [0.05, 0.1) is 0 Å². The average molecular weight is 716 g/mol. The fourth-order valence-electron chi connectivity index (χ4n) is 4.93. The Kier molecular flexibility index (Phi) is 14.2. The first-order chi connectivity index (χ1) is 16.1. The van der Waals surface area contributed by atoms with E-state index in [0.29, 0.717) is 0 Å². The molecule has 0 fully saturated rings. The van der Waals surface area contributed by atoms with Gasteiger partial charge in [-0.1, -0.05) is 0 Å². The van der Waals surface area contributed by atoms with Gasteiger partial charge in [0.15, 0.2) is 0 Å². The van der Waals surface area contributed by atoms with Crippen molar-refractivity contribution in [3.8, 4) is 9.75 Å². The molecule has 0 amide bonds. The monoisotopic (exact) mass is 718 g/mol. The Labute approximate surface area is 229 Å². The van der Waals surface area contributed by atoms with Gasteiger partial charge in [-0.25, -0.2) is 0 Å². The Bertz CT molecular complexity index is 763. The Balaban J connectivity index is 2.17. The fourth-order valence-corrected chi connectivity index (χ4v) is 21.3. The van der Waals surface area contributed by atoms with Crippen molar-refractivity contribution < 1.29 is 0 Å². The molecule has 0 aromatic carbocycles. The SMILES string of the molecule is CCCCCCCCc1cc(-c2cc(CCCCCCCC)[c]([Sn]([CH3])([CH3])[CH3])s2)s[c]1[Sn]([CH3])([CH3])[CH3]. The third-order valence-corrected chi connectivity index (χ3v) is 28.6. The van der Waals surface area contributed by atoms with Crippen LogP contribution in [0.2, 0.25) is 29.6 Å². The van der Waals surface area contributed by atoms with Crippen molar-refractivity contribution in [2.45, 2.75) is 133 Å². The maximum absolute atomic E-state index is 2.64. The summed E-state index contributed by atoms with van der Waals surface area (Å²) in [5, 5.41) is 0. The summed E-state index contributed by atoms with van der Waals surface area (Å²) < 4.78 is 3.68. The van der Waals surface area contributed by atoms with Crippen LogP contribution in [-0.2, 0) is 12.8 Å². The second kappa shape index (κ2) is 15.4. The third-order valence-electron chi connectivity index (χ3n) is 6.82. The van der Waals surface area contributed by atoms with E-state index in [-0.39, 0.29) is 0 Å². The van der Waals surface area contributed by atoms with Crippen LogP contribution in [0.1, 0.15) is 102 Å². The number of hydrogen-bond donors (Lipinski definition) is 0. The van der Waals surface area contributed by atoms with Crippen LogP contribution in [0.3, 0.4) is 0 Å². The van der Waals surface area contributed by atoms with Crippen molar-refractivity contribution >= 4 is 65.2 Å². The molecule has 0 saturated carbocycles. The summed E-state index contributed by atoms with van der Waals surface area (Å²) in [6.45, 7) is 4.63. The van der Waals surface area contributed by atoms with E-state index in [1.54, 1.807) is 20.9 Å². The van der Waals surface area contributed by atoms with E-state index in [0.717, 1.165) is 0 Å². The Morgan fingerprint density at radius 3 is 1.15 bits per heavy atom. The molecule has 0 unspecified atom stereocenters. The summed E-state index contributed by atoms with van der Waals surface area (Å²) in [6, 6.07) is 5.27. The second-order valence-electron chi connectivity index (χ2n) is 12.5. The zero-order valence-electron chi connectivity index (χ0n) is 23.9. The first-order valence-electron chi connectivity index (χ1n) is 14.3. The van der Waals surface area contributed by atoms with Crippen LogP contribution in [-0.4, -0.2) is 36.8 Å². The predicted molar refractivity (Wildman–Crippen MR) is 168 cm³/mol. The average Bonchev–Trinajstić information content (AvgIpc) is 3.37. The van der Waals surface area contributed by atoms with E-state index in [4.69, 9.17) is 0 Å². The molecule has 4 heteroatoms. The number of unbranched alkanes of at least 4 members (excludes halogenated alkanes) is 10. The summed E-state index contributed by atoms with van der Waals surface area (Å²) in [5.41, 5.74) is 3.45. The number of aryl methyl sites for hydroxylation is 2. The van der Waals surface area contributed by atoms with Crippen molar-refractivity contribution in [3.05, 3.63) is 23.3 Å². The van der Waals surface area contributed by atoms with Crippen molar-refractivity contribution in [1.82, 2.24) is 0 Å². The molecule has 0 aliphatic carbocycles. The van der Waals surface area contributed by atoms with Crippen LogP contribution in [0, 0.1) is 0 Å². The van der Waals surface area contributed by atoms with Crippen LogP contribution >= 0.6 is 22.7 Å². The van der Waals surface area contributed by atoms with Crippen LogP contribution in [0.4, 0.5) is 0 Å². The van der Waals surface area contributed by atoms with Gasteiger partial charge in [0.1, 0.15) is 0 Å². The van der Waals surface area contributed by atoms with Crippen LogP contribution in [0.25, 0.3) is 9.75 Å². The molecule has 2 aromatic rings. The van der Waals surface area contributed by atoms with Gasteiger partial charge in [-0.3, -0.25) is 0 Å². The summed E-state index contributed by atoms with van der Waals surface area (Å²) in [6.07, 6.45) is 19.4. The van der Waals surface area contributed by atoms with Gasteiger partial charge >= 0.3 is 232 Å². The molecule has 34 heavy (non-hydrogen) atoms. The molecular weight excluding hydrogens is 662 g/mol. The van der Waals surface area contributed by atoms with Crippen molar-refractivity contribution in [3.63, 3.8) is 0 Å². The van der Waals surface area contributed by atoms with Gasteiger partial charge in [-0.2, -0.15) is 0 Å². The molecule has 0 aliphatic rings. The molecule has 194 valence electrons. The number of hydrogen-bond acceptors (Lipinski definition) is 2. The normalized spacial score (nSPS) is 12.6. The minimum absolute atomic E-state index is 1.31. The van der Waals surface area contributed by atoms with E-state index < -0.39 is 36.8 Å². The quantitative estimate of drug-likeness (QED) is 0.113. The molecule has 2 rings (SSSR count). The molecule has 2 aromatic heterocycles. The molecular formula is C30H54S2Sn2. The fraction of sp³-hybridized carbons (Fsp3) is 0.733. The number of thiophene rings is 2. The van der Waals surface area contributed by atoms with Gasteiger partial charge in [0.2, 0.25) is 0 Å². The standard InChI is InChI=1S/C24H36S2.6CH3.2Sn/c1-3-5-7-9-11-13-15-21-17-23(25-19-21)24-18-22(20-26-24)16-14-12-10-8-6-4-2;;;;;;;;/h17-18H,3-16H2,1-2H3;6*1H3;;. The third kappa shape index (κ3) is 10.4. The van der Waals surface area contributed by atoms with Gasteiger partial charge < -0.3 is 0 Å². The van der Waals surface area contributed by atoms with Gasteiger partial charge in [0.25, 0.3) is 0 Å². The first-order valence-corrected chi connectivity index (χ1v) is 36.0. The van der Waals surface area contributed by atoms with Crippen molar-refractivity contribution in [2.24, 2.45) is 0 Å². The zero-order chi connectivity index (χ0) is 25.2. The Morgan fingerprint density at radius 2 is 0.824 bits per heavy atom. The molecule has 0 spiro atoms. The molecule has 0 nitrogen and oxygen atoms in total. The summed E-state index contributed by atoms with van der Waals surface area (Å²) in [5.74, 6) is 0. The summed E-state index contributed by atoms with van der Waals surface area (Å²) in [4.78, 5) is 18.9. The molecule has 0 radical (unpaired) electrons. The van der Waals surface area contributed by atoms with Crippen LogP contribution in [0.5, 0.6) is 0 Å². The van der Waals surface area contributed by atoms with Crippen LogP contribution in [0.15, 0.2) is 12.1 Å². The molecule has 2 heterocycles. The first kappa shape index (κ1) is 31.2. The summed E-state index contributed by atoms with van der Waals surface area (Å²) in [7, 11) is 0. The topological polar surface area (TPSA) is 0 Å². The molecule has 0 aliphatic heterocycles. The zero-order valence-corrected chi connectivity index (χ0v) is 31.2. The maximum atomic E-state index is 2.64. The predicted octanol–water partition coefficient (Wildman–Crippen LogP) is 10.4. The molecule has 0 bridgehead atoms. The van der Waals surface area contributed by atoms with E-state index in [1.807, 2.05) is 5.79 Å². The molecule has 0 N–H and O–H groups in total. The van der Waals surface area contributed by atoms with Crippen molar-refractivity contribution in [2.75, 3.05) is 0 Å². The Hall–Kier alpha value is 0.997. The van der Waals surface area contributed by atoms with Gasteiger partial charge in [0, 0.05) is 0 Å². The van der Waals surface area contributed by atoms with E-state index in [1.165, 1.54) is 89.9 Å².